The minimum atomic E-state index is 0.131. The van der Waals surface area contributed by atoms with Crippen LogP contribution in [0.25, 0.3) is 0 Å². The minimum Gasteiger partial charge on any atom is -0.336 e. The van der Waals surface area contributed by atoms with Crippen LogP contribution in [0.2, 0.25) is 0 Å². The largest absolute Gasteiger partial charge is 0.336 e. The average molecular weight is 260 g/mol. The fourth-order valence-corrected chi connectivity index (χ4v) is 2.92. The van der Waals surface area contributed by atoms with E-state index in [9.17, 15) is 4.79 Å². The van der Waals surface area contributed by atoms with Crippen LogP contribution in [0, 0.1) is 0 Å². The molecule has 2 saturated heterocycles. The van der Waals surface area contributed by atoms with Crippen molar-refractivity contribution in [2.24, 2.45) is 0 Å². The fraction of sp³-hybridized carbons (Fsp3) is 0.571. The molecule has 0 bridgehead atoms. The van der Waals surface area contributed by atoms with Crippen molar-refractivity contribution in [3.63, 3.8) is 0 Å². The second-order valence-electron chi connectivity index (χ2n) is 5.21. The summed E-state index contributed by atoms with van der Waals surface area (Å²) in [6, 6.07) is 4.24. The molecule has 0 spiro atoms. The maximum absolute atomic E-state index is 12.3. The van der Waals surface area contributed by atoms with Crippen molar-refractivity contribution < 1.29 is 4.79 Å². The molecule has 1 atom stereocenters. The fourth-order valence-electron chi connectivity index (χ4n) is 2.92. The van der Waals surface area contributed by atoms with Gasteiger partial charge in [0.05, 0.1) is 0 Å². The Labute approximate surface area is 113 Å². The van der Waals surface area contributed by atoms with Crippen molar-refractivity contribution in [2.75, 3.05) is 39.3 Å². The first kappa shape index (κ1) is 12.6. The average Bonchev–Trinajstić information content (AvgIpc) is 3.02. The van der Waals surface area contributed by atoms with Gasteiger partial charge in [0, 0.05) is 56.7 Å². The van der Waals surface area contributed by atoms with E-state index < -0.39 is 0 Å². The van der Waals surface area contributed by atoms with Crippen molar-refractivity contribution in [1.29, 1.82) is 0 Å². The van der Waals surface area contributed by atoms with Gasteiger partial charge >= 0.3 is 0 Å². The Hall–Kier alpha value is -1.46. The zero-order chi connectivity index (χ0) is 13.1. The van der Waals surface area contributed by atoms with Gasteiger partial charge in [-0.1, -0.05) is 0 Å². The van der Waals surface area contributed by atoms with E-state index in [4.69, 9.17) is 0 Å². The lowest BCUT2D eigenvalue weighted by Gasteiger charge is -2.37. The summed E-state index contributed by atoms with van der Waals surface area (Å²) in [4.78, 5) is 20.7. The van der Waals surface area contributed by atoms with Crippen molar-refractivity contribution in [3.05, 3.63) is 30.1 Å². The van der Waals surface area contributed by atoms with Gasteiger partial charge in [-0.2, -0.15) is 0 Å². The van der Waals surface area contributed by atoms with Crippen LogP contribution in [0.5, 0.6) is 0 Å². The molecule has 1 N–H and O–H groups in total. The van der Waals surface area contributed by atoms with E-state index in [0.717, 1.165) is 44.8 Å². The van der Waals surface area contributed by atoms with Gasteiger partial charge in [0.1, 0.15) is 0 Å². The molecule has 2 fully saturated rings. The molecule has 1 amide bonds. The van der Waals surface area contributed by atoms with Gasteiger partial charge in [0.15, 0.2) is 0 Å². The lowest BCUT2D eigenvalue weighted by molar-refractivity contribution is 0.0583. The molecular formula is C14H20N4O. The maximum Gasteiger partial charge on any atom is 0.254 e. The number of hydrogen-bond acceptors (Lipinski definition) is 4. The Morgan fingerprint density at radius 2 is 1.95 bits per heavy atom. The van der Waals surface area contributed by atoms with Crippen LogP contribution in [-0.2, 0) is 0 Å². The zero-order valence-electron chi connectivity index (χ0n) is 11.1. The van der Waals surface area contributed by atoms with Crippen molar-refractivity contribution in [3.8, 4) is 0 Å². The van der Waals surface area contributed by atoms with Crippen molar-refractivity contribution in [2.45, 2.75) is 12.5 Å². The standard InChI is InChI=1S/C14H20N4O/c19-14(12-1-4-15-5-2-12)18-9-7-17(8-10-18)13-3-6-16-11-13/h1-2,4-5,13,16H,3,6-11H2. The first-order chi connectivity index (χ1) is 9.34. The summed E-state index contributed by atoms with van der Waals surface area (Å²) in [6.45, 7) is 5.86. The number of carbonyl (C=O) groups is 1. The molecule has 0 aliphatic carbocycles. The Balaban J connectivity index is 1.56. The highest BCUT2D eigenvalue weighted by Gasteiger charge is 2.27. The number of pyridine rings is 1. The molecule has 1 unspecified atom stereocenters. The van der Waals surface area contributed by atoms with Crippen LogP contribution in [-0.4, -0.2) is 66.0 Å². The van der Waals surface area contributed by atoms with Gasteiger partial charge in [-0.05, 0) is 25.1 Å². The third-order valence-electron chi connectivity index (χ3n) is 4.08. The van der Waals surface area contributed by atoms with Gasteiger partial charge in [-0.15, -0.1) is 0 Å². The molecule has 2 aliphatic rings. The van der Waals surface area contributed by atoms with Crippen molar-refractivity contribution in [1.82, 2.24) is 20.1 Å². The summed E-state index contributed by atoms with van der Waals surface area (Å²) in [6.07, 6.45) is 4.58. The Kier molecular flexibility index (Phi) is 3.75. The molecule has 3 heterocycles. The SMILES string of the molecule is O=C(c1ccncc1)N1CCN(C2CCNC2)CC1. The number of aromatic nitrogens is 1. The van der Waals surface area contributed by atoms with E-state index in [0.29, 0.717) is 6.04 Å². The summed E-state index contributed by atoms with van der Waals surface area (Å²) in [7, 11) is 0. The van der Waals surface area contributed by atoms with E-state index >= 15 is 0 Å². The van der Waals surface area contributed by atoms with Crippen LogP contribution in [0.1, 0.15) is 16.8 Å². The second-order valence-corrected chi connectivity index (χ2v) is 5.21. The van der Waals surface area contributed by atoms with E-state index in [2.05, 4.69) is 15.2 Å². The smallest absolute Gasteiger partial charge is 0.254 e. The molecule has 5 heteroatoms. The molecular weight excluding hydrogens is 240 g/mol. The molecule has 3 rings (SSSR count). The number of carbonyl (C=O) groups excluding carboxylic acids is 1. The number of nitrogens with one attached hydrogen (secondary N) is 1. The second kappa shape index (κ2) is 5.67. The summed E-state index contributed by atoms with van der Waals surface area (Å²) >= 11 is 0. The highest BCUT2D eigenvalue weighted by molar-refractivity contribution is 5.94. The first-order valence-corrected chi connectivity index (χ1v) is 6.98. The maximum atomic E-state index is 12.3. The van der Waals surface area contributed by atoms with E-state index in [1.807, 2.05) is 4.90 Å². The van der Waals surface area contributed by atoms with Gasteiger partial charge in [-0.3, -0.25) is 14.7 Å². The Morgan fingerprint density at radius 1 is 1.21 bits per heavy atom. The quantitative estimate of drug-likeness (QED) is 0.825. The predicted molar refractivity (Wildman–Crippen MR) is 73.0 cm³/mol. The van der Waals surface area contributed by atoms with Gasteiger partial charge in [-0.25, -0.2) is 0 Å². The van der Waals surface area contributed by atoms with Crippen LogP contribution in [0.15, 0.2) is 24.5 Å². The van der Waals surface area contributed by atoms with E-state index in [1.54, 1.807) is 24.5 Å². The molecule has 19 heavy (non-hydrogen) atoms. The van der Waals surface area contributed by atoms with Crippen LogP contribution in [0.3, 0.4) is 0 Å². The monoisotopic (exact) mass is 260 g/mol. The number of nitrogens with zero attached hydrogens (tertiary/aromatic N) is 3. The molecule has 102 valence electrons. The Morgan fingerprint density at radius 3 is 2.58 bits per heavy atom. The molecule has 0 aromatic carbocycles. The summed E-state index contributed by atoms with van der Waals surface area (Å²) in [5, 5.41) is 3.40. The highest BCUT2D eigenvalue weighted by atomic mass is 16.2. The van der Waals surface area contributed by atoms with Crippen LogP contribution < -0.4 is 5.32 Å². The van der Waals surface area contributed by atoms with Gasteiger partial charge in [0.25, 0.3) is 5.91 Å². The number of rotatable bonds is 2. The van der Waals surface area contributed by atoms with Gasteiger partial charge in [0.2, 0.25) is 0 Å². The van der Waals surface area contributed by atoms with Crippen LogP contribution >= 0.6 is 0 Å². The number of piperazine rings is 1. The molecule has 0 saturated carbocycles. The van der Waals surface area contributed by atoms with E-state index in [1.165, 1.54) is 6.42 Å². The Bertz CT molecular complexity index is 422. The van der Waals surface area contributed by atoms with Crippen LogP contribution in [0.4, 0.5) is 0 Å². The summed E-state index contributed by atoms with van der Waals surface area (Å²) < 4.78 is 0. The number of hydrogen-bond donors (Lipinski definition) is 1. The lowest BCUT2D eigenvalue weighted by atomic mass is 10.1. The summed E-state index contributed by atoms with van der Waals surface area (Å²) in [5.74, 6) is 0.131. The highest BCUT2D eigenvalue weighted by Crippen LogP contribution is 2.13. The lowest BCUT2D eigenvalue weighted by Crippen LogP contribution is -2.52. The topological polar surface area (TPSA) is 48.5 Å². The van der Waals surface area contributed by atoms with E-state index in [-0.39, 0.29) is 5.91 Å². The van der Waals surface area contributed by atoms with Gasteiger partial charge < -0.3 is 10.2 Å². The number of amides is 1. The molecule has 2 aliphatic heterocycles. The third-order valence-corrected chi connectivity index (χ3v) is 4.08. The van der Waals surface area contributed by atoms with Crippen molar-refractivity contribution >= 4 is 5.91 Å². The zero-order valence-corrected chi connectivity index (χ0v) is 11.1. The first-order valence-electron chi connectivity index (χ1n) is 6.98. The molecule has 0 radical (unpaired) electrons. The predicted octanol–water partition coefficient (Wildman–Crippen LogP) is 0.201. The molecule has 1 aromatic rings. The third kappa shape index (κ3) is 2.77. The molecule has 5 nitrogen and oxygen atoms in total. The molecule has 1 aromatic heterocycles. The minimum absolute atomic E-state index is 0.131. The normalized spacial score (nSPS) is 24.6. The summed E-state index contributed by atoms with van der Waals surface area (Å²) in [5.41, 5.74) is 0.742.